The van der Waals surface area contributed by atoms with Crippen molar-refractivity contribution in [2.75, 3.05) is 5.75 Å². The fourth-order valence-corrected chi connectivity index (χ4v) is 1.51. The molecule has 13 heavy (non-hydrogen) atoms. The molecule has 0 aliphatic carbocycles. The van der Waals surface area contributed by atoms with Gasteiger partial charge in [0, 0.05) is 10.8 Å². The minimum atomic E-state index is -0.317. The van der Waals surface area contributed by atoms with Gasteiger partial charge in [-0.1, -0.05) is 23.7 Å². The van der Waals surface area contributed by atoms with Crippen LogP contribution in [0.3, 0.4) is 0 Å². The topological polar surface area (TPSA) is 20.2 Å². The molecule has 0 heterocycles. The van der Waals surface area contributed by atoms with Crippen molar-refractivity contribution in [1.29, 1.82) is 0 Å². The predicted molar refractivity (Wildman–Crippen MR) is 59.6 cm³/mol. The molecule has 1 atom stereocenters. The summed E-state index contributed by atoms with van der Waals surface area (Å²) in [7, 11) is 0. The van der Waals surface area contributed by atoms with Crippen LogP contribution in [-0.2, 0) is 6.42 Å². The lowest BCUT2D eigenvalue weighted by molar-refractivity contribution is 0.190. The van der Waals surface area contributed by atoms with Crippen LogP contribution in [0, 0.1) is 0 Å². The van der Waals surface area contributed by atoms with Gasteiger partial charge >= 0.3 is 0 Å². The Balaban J connectivity index is 2.45. The van der Waals surface area contributed by atoms with E-state index in [9.17, 15) is 5.11 Å². The van der Waals surface area contributed by atoms with Gasteiger partial charge in [-0.25, -0.2) is 0 Å². The number of aliphatic hydroxyl groups is 1. The molecule has 0 radical (unpaired) electrons. The molecule has 0 aliphatic rings. The van der Waals surface area contributed by atoms with Crippen molar-refractivity contribution >= 4 is 24.2 Å². The van der Waals surface area contributed by atoms with E-state index in [-0.39, 0.29) is 6.10 Å². The molecule has 0 bridgehead atoms. The first kappa shape index (κ1) is 10.9. The van der Waals surface area contributed by atoms with Gasteiger partial charge < -0.3 is 5.11 Å². The first-order valence-corrected chi connectivity index (χ1v) is 5.27. The monoisotopic (exact) mass is 216 g/mol. The second kappa shape index (κ2) is 5.53. The molecule has 0 aromatic heterocycles. The normalized spacial score (nSPS) is 12.8. The highest BCUT2D eigenvalue weighted by Gasteiger charge is 2.01. The minimum absolute atomic E-state index is 0.317. The number of aryl methyl sites for hydroxylation is 1. The lowest BCUT2D eigenvalue weighted by Crippen LogP contribution is -2.09. The quantitative estimate of drug-likeness (QED) is 0.742. The molecule has 0 fully saturated rings. The van der Waals surface area contributed by atoms with E-state index >= 15 is 0 Å². The Kier molecular flexibility index (Phi) is 4.64. The molecule has 3 heteroatoms. The molecule has 1 rings (SSSR count). The maximum absolute atomic E-state index is 9.28. The minimum Gasteiger partial charge on any atom is -0.392 e. The van der Waals surface area contributed by atoms with E-state index in [1.807, 2.05) is 24.3 Å². The van der Waals surface area contributed by atoms with Gasteiger partial charge in [-0.15, -0.1) is 0 Å². The van der Waals surface area contributed by atoms with Gasteiger partial charge in [0.1, 0.15) is 0 Å². The van der Waals surface area contributed by atoms with Crippen molar-refractivity contribution in [1.82, 2.24) is 0 Å². The first-order valence-electron chi connectivity index (χ1n) is 4.25. The summed E-state index contributed by atoms with van der Waals surface area (Å²) in [6, 6.07) is 7.70. The molecule has 0 amide bonds. The molecule has 0 saturated heterocycles. The maximum atomic E-state index is 9.28. The summed E-state index contributed by atoms with van der Waals surface area (Å²) in [5, 5.41) is 10.0. The summed E-state index contributed by atoms with van der Waals surface area (Å²) in [6.45, 7) is 0. The Labute approximate surface area is 89.1 Å². The predicted octanol–water partition coefficient (Wildman–Crippen LogP) is 2.56. The average molecular weight is 217 g/mol. The lowest BCUT2D eigenvalue weighted by atomic mass is 10.1. The molecule has 1 aromatic carbocycles. The summed E-state index contributed by atoms with van der Waals surface area (Å²) < 4.78 is 0. The van der Waals surface area contributed by atoms with Crippen molar-refractivity contribution in [3.05, 3.63) is 34.9 Å². The molecular formula is C10H13ClOS. The molecule has 1 nitrogen and oxygen atoms in total. The smallest absolute Gasteiger partial charge is 0.0631 e. The zero-order chi connectivity index (χ0) is 9.68. The molecule has 0 spiro atoms. The van der Waals surface area contributed by atoms with Crippen molar-refractivity contribution < 1.29 is 5.11 Å². The van der Waals surface area contributed by atoms with Crippen LogP contribution in [0.2, 0.25) is 5.02 Å². The van der Waals surface area contributed by atoms with Crippen LogP contribution in [0.1, 0.15) is 12.0 Å². The van der Waals surface area contributed by atoms with Crippen molar-refractivity contribution in [2.45, 2.75) is 18.9 Å². The largest absolute Gasteiger partial charge is 0.392 e. The van der Waals surface area contributed by atoms with E-state index in [4.69, 9.17) is 11.6 Å². The van der Waals surface area contributed by atoms with Crippen LogP contribution >= 0.6 is 24.2 Å². The standard InChI is InChI=1S/C10H13ClOS/c11-9-3-1-2-8(6-9)4-5-10(12)7-13/h1-3,6,10,12-13H,4-5,7H2. The Morgan fingerprint density at radius 2 is 2.23 bits per heavy atom. The first-order chi connectivity index (χ1) is 6.22. The van der Waals surface area contributed by atoms with Crippen LogP contribution in [0.5, 0.6) is 0 Å². The van der Waals surface area contributed by atoms with Gasteiger partial charge in [-0.05, 0) is 30.5 Å². The van der Waals surface area contributed by atoms with Crippen LogP contribution in [0.4, 0.5) is 0 Å². The van der Waals surface area contributed by atoms with Crippen LogP contribution < -0.4 is 0 Å². The van der Waals surface area contributed by atoms with Gasteiger partial charge in [-0.2, -0.15) is 12.6 Å². The van der Waals surface area contributed by atoms with E-state index in [2.05, 4.69) is 12.6 Å². The van der Waals surface area contributed by atoms with Gasteiger partial charge in [0.05, 0.1) is 6.10 Å². The maximum Gasteiger partial charge on any atom is 0.0631 e. The summed E-state index contributed by atoms with van der Waals surface area (Å²) in [6.07, 6.45) is 1.27. The highest BCUT2D eigenvalue weighted by atomic mass is 35.5. The Hall–Kier alpha value is -0.180. The molecule has 0 aliphatic heterocycles. The Morgan fingerprint density at radius 1 is 1.46 bits per heavy atom. The highest BCUT2D eigenvalue weighted by molar-refractivity contribution is 7.80. The van der Waals surface area contributed by atoms with Crippen molar-refractivity contribution in [3.63, 3.8) is 0 Å². The second-order valence-electron chi connectivity index (χ2n) is 3.00. The van der Waals surface area contributed by atoms with E-state index < -0.39 is 0 Å². The van der Waals surface area contributed by atoms with Crippen LogP contribution in [0.25, 0.3) is 0 Å². The van der Waals surface area contributed by atoms with Gasteiger partial charge in [0.15, 0.2) is 0 Å². The number of hydrogen-bond donors (Lipinski definition) is 2. The summed E-state index contributed by atoms with van der Waals surface area (Å²) >= 11 is 9.82. The molecule has 1 unspecified atom stereocenters. The zero-order valence-corrected chi connectivity index (χ0v) is 8.93. The average Bonchev–Trinajstić information content (AvgIpc) is 2.14. The molecule has 1 aromatic rings. The number of hydrogen-bond acceptors (Lipinski definition) is 2. The van der Waals surface area contributed by atoms with Crippen LogP contribution in [0.15, 0.2) is 24.3 Å². The van der Waals surface area contributed by atoms with Crippen molar-refractivity contribution in [3.8, 4) is 0 Å². The zero-order valence-electron chi connectivity index (χ0n) is 7.28. The van der Waals surface area contributed by atoms with E-state index in [1.165, 1.54) is 0 Å². The van der Waals surface area contributed by atoms with Gasteiger partial charge in [0.25, 0.3) is 0 Å². The third-order valence-electron chi connectivity index (χ3n) is 1.87. The summed E-state index contributed by atoms with van der Waals surface area (Å²) in [4.78, 5) is 0. The number of halogens is 1. The van der Waals surface area contributed by atoms with Gasteiger partial charge in [0.2, 0.25) is 0 Å². The molecule has 72 valence electrons. The Bertz CT molecular complexity index is 265. The number of rotatable bonds is 4. The fraction of sp³-hybridized carbons (Fsp3) is 0.400. The lowest BCUT2D eigenvalue weighted by Gasteiger charge is -2.06. The van der Waals surface area contributed by atoms with E-state index in [0.29, 0.717) is 5.75 Å². The number of thiol groups is 1. The third-order valence-corrected chi connectivity index (χ3v) is 2.52. The van der Waals surface area contributed by atoms with E-state index in [0.717, 1.165) is 23.4 Å². The van der Waals surface area contributed by atoms with Crippen molar-refractivity contribution in [2.24, 2.45) is 0 Å². The fourth-order valence-electron chi connectivity index (χ4n) is 1.12. The van der Waals surface area contributed by atoms with Crippen LogP contribution in [-0.4, -0.2) is 17.0 Å². The number of benzene rings is 1. The SMILES string of the molecule is OC(CS)CCc1cccc(Cl)c1. The summed E-state index contributed by atoms with van der Waals surface area (Å²) in [5.41, 5.74) is 1.16. The molecule has 0 saturated carbocycles. The summed E-state index contributed by atoms with van der Waals surface area (Å²) in [5.74, 6) is 0.514. The molecule has 1 N–H and O–H groups in total. The Morgan fingerprint density at radius 3 is 2.85 bits per heavy atom. The van der Waals surface area contributed by atoms with Gasteiger partial charge in [-0.3, -0.25) is 0 Å². The second-order valence-corrected chi connectivity index (χ2v) is 3.81. The third kappa shape index (κ3) is 4.03. The molecular weight excluding hydrogens is 204 g/mol. The highest BCUT2D eigenvalue weighted by Crippen LogP contribution is 2.13. The van der Waals surface area contributed by atoms with E-state index in [1.54, 1.807) is 0 Å². The number of aliphatic hydroxyl groups excluding tert-OH is 1.